The van der Waals surface area contributed by atoms with Gasteiger partial charge in [-0.05, 0) is 60.4 Å². The molecule has 0 amide bonds. The van der Waals surface area contributed by atoms with Gasteiger partial charge in [0, 0.05) is 12.0 Å². The highest BCUT2D eigenvalue weighted by Crippen LogP contribution is 2.48. The van der Waals surface area contributed by atoms with E-state index in [4.69, 9.17) is 4.74 Å². The number of rotatable bonds is 2. The predicted molar refractivity (Wildman–Crippen MR) is 106 cm³/mol. The van der Waals surface area contributed by atoms with Gasteiger partial charge in [0.2, 0.25) is 0 Å². The first-order valence-electron chi connectivity index (χ1n) is 8.76. The van der Waals surface area contributed by atoms with Crippen LogP contribution in [-0.4, -0.2) is 20.6 Å². The Balaban J connectivity index is 1.55. The largest absolute Gasteiger partial charge is 0.487 e. The fourth-order valence-electron chi connectivity index (χ4n) is 4.26. The molecule has 2 aliphatic rings. The maximum absolute atomic E-state index is 6.46. The molecule has 0 bridgehead atoms. The summed E-state index contributed by atoms with van der Waals surface area (Å²) in [4.78, 5) is 12.1. The molecule has 1 spiro atoms. The number of para-hydroxylation sites is 1. The SMILES string of the molecule is Ic1cc2c(NC3CC4(CCCC4)Oc4ccccc43)ncnc2[nH]1. The van der Waals surface area contributed by atoms with Crippen molar-refractivity contribution in [3.05, 3.63) is 45.9 Å². The lowest BCUT2D eigenvalue weighted by atomic mass is 9.86. The number of H-pyrrole nitrogens is 1. The third-order valence-electron chi connectivity index (χ3n) is 5.42. The molecule has 5 nitrogen and oxygen atoms in total. The summed E-state index contributed by atoms with van der Waals surface area (Å²) >= 11 is 2.28. The van der Waals surface area contributed by atoms with Crippen LogP contribution >= 0.6 is 22.6 Å². The van der Waals surface area contributed by atoms with Crippen LogP contribution in [0.4, 0.5) is 5.82 Å². The third-order valence-corrected chi connectivity index (χ3v) is 6.00. The second-order valence-corrected chi connectivity index (χ2v) is 8.20. The van der Waals surface area contributed by atoms with Crippen molar-refractivity contribution in [2.45, 2.75) is 43.7 Å². The number of hydrogen-bond donors (Lipinski definition) is 2. The molecule has 2 N–H and O–H groups in total. The Kier molecular flexibility index (Phi) is 3.62. The van der Waals surface area contributed by atoms with E-state index in [0.29, 0.717) is 0 Å². The molecule has 6 heteroatoms. The quantitative estimate of drug-likeness (QED) is 0.555. The summed E-state index contributed by atoms with van der Waals surface area (Å²) in [7, 11) is 0. The molecule has 0 saturated heterocycles. The van der Waals surface area contributed by atoms with Crippen molar-refractivity contribution in [2.75, 3.05) is 5.32 Å². The minimum atomic E-state index is -0.0231. The first kappa shape index (κ1) is 15.4. The zero-order chi connectivity index (χ0) is 16.9. The molecule has 1 atom stereocenters. The van der Waals surface area contributed by atoms with Gasteiger partial charge in [-0.1, -0.05) is 18.2 Å². The number of nitrogens with zero attached hydrogens (tertiary/aromatic N) is 2. The normalized spacial score (nSPS) is 21.2. The summed E-state index contributed by atoms with van der Waals surface area (Å²) in [6, 6.07) is 10.7. The summed E-state index contributed by atoms with van der Waals surface area (Å²) in [6.07, 6.45) is 7.39. The lowest BCUT2D eigenvalue weighted by molar-refractivity contribution is 0.0453. The van der Waals surface area contributed by atoms with Crippen molar-refractivity contribution in [3.8, 4) is 5.75 Å². The number of ether oxygens (including phenoxy) is 1. The number of hydrogen-bond acceptors (Lipinski definition) is 4. The highest BCUT2D eigenvalue weighted by atomic mass is 127. The van der Waals surface area contributed by atoms with Crippen molar-refractivity contribution < 1.29 is 4.74 Å². The molecule has 3 heterocycles. The minimum Gasteiger partial charge on any atom is -0.487 e. The average Bonchev–Trinajstić information content (AvgIpc) is 3.21. The van der Waals surface area contributed by atoms with E-state index < -0.39 is 0 Å². The summed E-state index contributed by atoms with van der Waals surface area (Å²) in [5, 5.41) is 4.73. The fraction of sp³-hybridized carbons (Fsp3) is 0.368. The summed E-state index contributed by atoms with van der Waals surface area (Å²) < 4.78 is 7.53. The average molecular weight is 446 g/mol. The smallest absolute Gasteiger partial charge is 0.143 e. The molecule has 1 aliphatic heterocycles. The summed E-state index contributed by atoms with van der Waals surface area (Å²) in [5.74, 6) is 1.90. The van der Waals surface area contributed by atoms with Crippen molar-refractivity contribution in [3.63, 3.8) is 0 Å². The van der Waals surface area contributed by atoms with E-state index in [1.54, 1.807) is 6.33 Å². The lowest BCUT2D eigenvalue weighted by Gasteiger charge is -2.40. The van der Waals surface area contributed by atoms with Gasteiger partial charge in [0.25, 0.3) is 0 Å². The van der Waals surface area contributed by atoms with Gasteiger partial charge in [0.05, 0.1) is 15.1 Å². The van der Waals surface area contributed by atoms with E-state index >= 15 is 0 Å². The molecule has 1 fully saturated rings. The van der Waals surface area contributed by atoms with Crippen LogP contribution < -0.4 is 10.1 Å². The number of nitrogens with one attached hydrogen (secondary N) is 2. The van der Waals surface area contributed by atoms with E-state index in [0.717, 1.165) is 45.6 Å². The van der Waals surface area contributed by atoms with Gasteiger partial charge in [-0.3, -0.25) is 0 Å². The van der Waals surface area contributed by atoms with Crippen LogP contribution in [0.15, 0.2) is 36.7 Å². The molecular formula is C19H19IN4O. The molecule has 1 unspecified atom stereocenters. The lowest BCUT2D eigenvalue weighted by Crippen LogP contribution is -2.40. The van der Waals surface area contributed by atoms with Gasteiger partial charge in [0.1, 0.15) is 29.1 Å². The van der Waals surface area contributed by atoms with E-state index in [9.17, 15) is 0 Å². The minimum absolute atomic E-state index is 0.0231. The number of benzene rings is 1. The number of anilines is 1. The standard InChI is InChI=1S/C19H19IN4O/c20-16-9-13-17(21-11-22-18(13)24-16)23-14-10-19(7-3-4-8-19)25-15-6-2-1-5-12(14)15/h1-2,5-6,9,11,14H,3-4,7-8,10H2,(H2,21,22,23,24). The summed E-state index contributed by atoms with van der Waals surface area (Å²) in [6.45, 7) is 0. The number of halogens is 1. The molecule has 25 heavy (non-hydrogen) atoms. The molecule has 3 aromatic rings. The van der Waals surface area contributed by atoms with Crippen LogP contribution in [0.25, 0.3) is 11.0 Å². The maximum Gasteiger partial charge on any atom is 0.143 e. The Morgan fingerprint density at radius 1 is 1.20 bits per heavy atom. The van der Waals surface area contributed by atoms with Crippen LogP contribution in [0.3, 0.4) is 0 Å². The van der Waals surface area contributed by atoms with Crippen molar-refractivity contribution in [2.24, 2.45) is 0 Å². The van der Waals surface area contributed by atoms with Gasteiger partial charge < -0.3 is 15.0 Å². The Hall–Kier alpha value is -1.83. The van der Waals surface area contributed by atoms with Gasteiger partial charge in [-0.2, -0.15) is 0 Å². The van der Waals surface area contributed by atoms with Crippen LogP contribution in [0.5, 0.6) is 5.75 Å². The van der Waals surface area contributed by atoms with Gasteiger partial charge in [0.15, 0.2) is 0 Å². The molecule has 1 saturated carbocycles. The Morgan fingerprint density at radius 2 is 2.04 bits per heavy atom. The third kappa shape index (κ3) is 2.67. The monoisotopic (exact) mass is 446 g/mol. The first-order valence-corrected chi connectivity index (χ1v) is 9.84. The molecule has 1 aliphatic carbocycles. The van der Waals surface area contributed by atoms with Gasteiger partial charge >= 0.3 is 0 Å². The number of aromatic amines is 1. The topological polar surface area (TPSA) is 62.8 Å². The Morgan fingerprint density at radius 3 is 2.92 bits per heavy atom. The van der Waals surface area contributed by atoms with E-state index in [-0.39, 0.29) is 11.6 Å². The first-order chi connectivity index (χ1) is 12.2. The molecular weight excluding hydrogens is 427 g/mol. The Labute approximate surface area is 159 Å². The molecule has 0 radical (unpaired) electrons. The van der Waals surface area contributed by atoms with Gasteiger partial charge in [-0.25, -0.2) is 9.97 Å². The van der Waals surface area contributed by atoms with Crippen LogP contribution in [0.2, 0.25) is 0 Å². The highest BCUT2D eigenvalue weighted by molar-refractivity contribution is 14.1. The predicted octanol–water partition coefficient (Wildman–Crippen LogP) is 4.81. The van der Waals surface area contributed by atoms with Crippen molar-refractivity contribution in [1.82, 2.24) is 15.0 Å². The number of fused-ring (bicyclic) bond motifs is 2. The van der Waals surface area contributed by atoms with Crippen molar-refractivity contribution >= 4 is 39.4 Å². The van der Waals surface area contributed by atoms with Crippen LogP contribution in [0, 0.1) is 3.70 Å². The molecule has 2 aromatic heterocycles. The zero-order valence-corrected chi connectivity index (χ0v) is 15.9. The molecule has 5 rings (SSSR count). The van der Waals surface area contributed by atoms with E-state index in [1.807, 2.05) is 0 Å². The van der Waals surface area contributed by atoms with Crippen LogP contribution in [0.1, 0.15) is 43.7 Å². The number of aromatic nitrogens is 3. The second kappa shape index (κ2) is 5.86. The highest BCUT2D eigenvalue weighted by Gasteiger charge is 2.43. The van der Waals surface area contributed by atoms with Gasteiger partial charge in [-0.15, -0.1) is 0 Å². The molecule has 1 aromatic carbocycles. The van der Waals surface area contributed by atoms with Crippen molar-refractivity contribution in [1.29, 1.82) is 0 Å². The zero-order valence-electron chi connectivity index (χ0n) is 13.8. The molecule has 128 valence electrons. The van der Waals surface area contributed by atoms with Crippen LogP contribution in [-0.2, 0) is 0 Å². The Bertz CT molecular complexity index is 932. The summed E-state index contributed by atoms with van der Waals surface area (Å²) in [5.41, 5.74) is 2.07. The second-order valence-electron chi connectivity index (χ2n) is 7.03. The van der Waals surface area contributed by atoms with E-state index in [1.165, 1.54) is 18.4 Å². The van der Waals surface area contributed by atoms with E-state index in [2.05, 4.69) is 73.2 Å². The fourth-order valence-corrected chi connectivity index (χ4v) is 4.83. The maximum atomic E-state index is 6.46.